The van der Waals surface area contributed by atoms with E-state index in [9.17, 15) is 19.8 Å². The Morgan fingerprint density at radius 1 is 1.38 bits per heavy atom. The van der Waals surface area contributed by atoms with E-state index in [0.29, 0.717) is 31.8 Å². The summed E-state index contributed by atoms with van der Waals surface area (Å²) in [5, 5.41) is 19.6. The molecule has 0 spiro atoms. The standard InChI is InChI=1S/C20H22FN3O5/c21-16-14(23-6-10-3-4-29-20(10,8-22)9-23)5-13-15(18(16)26)17(25)12(19(27)28)7-24(13)11-1-2-11/h5,7,10-11,26H,1-4,6,8-9,22H2,(H,27,28). The summed E-state index contributed by atoms with van der Waals surface area (Å²) in [5.74, 6) is -2.96. The SMILES string of the molecule is NCC12CN(c3cc4c(c(O)c3F)c(=O)c(C(=O)O)cn4C3CC3)CC1CCO2. The minimum atomic E-state index is -1.40. The van der Waals surface area contributed by atoms with Crippen LogP contribution in [0.1, 0.15) is 35.7 Å². The third kappa shape index (κ3) is 2.57. The highest BCUT2D eigenvalue weighted by Crippen LogP contribution is 2.44. The van der Waals surface area contributed by atoms with E-state index in [2.05, 4.69) is 0 Å². The Balaban J connectivity index is 1.70. The zero-order valence-electron chi connectivity index (χ0n) is 15.7. The van der Waals surface area contributed by atoms with E-state index in [0.717, 1.165) is 19.3 Å². The molecule has 8 nitrogen and oxygen atoms in total. The van der Waals surface area contributed by atoms with Crippen LogP contribution < -0.4 is 16.1 Å². The van der Waals surface area contributed by atoms with Crippen LogP contribution in [0.15, 0.2) is 17.1 Å². The molecule has 29 heavy (non-hydrogen) atoms. The van der Waals surface area contributed by atoms with Gasteiger partial charge in [-0.25, -0.2) is 9.18 Å². The molecule has 3 aliphatic rings. The number of anilines is 1. The zero-order chi connectivity index (χ0) is 20.5. The maximum Gasteiger partial charge on any atom is 0.341 e. The van der Waals surface area contributed by atoms with Gasteiger partial charge in [0.2, 0.25) is 5.43 Å². The Morgan fingerprint density at radius 3 is 2.76 bits per heavy atom. The van der Waals surface area contributed by atoms with E-state index in [1.165, 1.54) is 6.20 Å². The smallest absolute Gasteiger partial charge is 0.341 e. The highest BCUT2D eigenvalue weighted by Gasteiger charge is 2.50. The topological polar surface area (TPSA) is 118 Å². The number of hydrogen-bond donors (Lipinski definition) is 3. The van der Waals surface area contributed by atoms with Gasteiger partial charge in [0.15, 0.2) is 11.6 Å². The van der Waals surface area contributed by atoms with E-state index in [4.69, 9.17) is 10.5 Å². The van der Waals surface area contributed by atoms with Crippen LogP contribution >= 0.6 is 0 Å². The predicted molar refractivity (Wildman–Crippen MR) is 103 cm³/mol. The van der Waals surface area contributed by atoms with Crippen molar-refractivity contribution in [2.45, 2.75) is 30.9 Å². The third-order valence-corrected chi connectivity index (χ3v) is 6.57. The molecule has 2 unspecified atom stereocenters. The van der Waals surface area contributed by atoms with Gasteiger partial charge in [0.05, 0.1) is 16.6 Å². The van der Waals surface area contributed by atoms with Crippen molar-refractivity contribution in [2.75, 3.05) is 31.1 Å². The summed E-state index contributed by atoms with van der Waals surface area (Å²) in [7, 11) is 0. The minimum absolute atomic E-state index is 0.0330. The molecule has 1 aliphatic carbocycles. The van der Waals surface area contributed by atoms with Crippen molar-refractivity contribution >= 4 is 22.6 Å². The minimum Gasteiger partial charge on any atom is -0.504 e. The maximum absolute atomic E-state index is 15.2. The lowest BCUT2D eigenvalue weighted by molar-refractivity contribution is 0.0126. The van der Waals surface area contributed by atoms with Crippen molar-refractivity contribution < 1.29 is 24.1 Å². The number of ether oxygens (including phenoxy) is 1. The van der Waals surface area contributed by atoms with Gasteiger partial charge in [-0.1, -0.05) is 0 Å². The van der Waals surface area contributed by atoms with Crippen LogP contribution in [0.5, 0.6) is 5.75 Å². The normalized spacial score (nSPS) is 26.3. The van der Waals surface area contributed by atoms with Crippen molar-refractivity contribution in [2.24, 2.45) is 11.7 Å². The number of carbonyl (C=O) groups is 1. The fourth-order valence-electron chi connectivity index (χ4n) is 4.83. The molecule has 3 heterocycles. The number of nitrogens with two attached hydrogens (primary N) is 1. The number of carboxylic acid groups (broad SMARTS) is 1. The molecule has 2 saturated heterocycles. The number of pyridine rings is 1. The molecule has 1 aromatic carbocycles. The van der Waals surface area contributed by atoms with Crippen LogP contribution in [0.2, 0.25) is 0 Å². The number of aromatic nitrogens is 1. The predicted octanol–water partition coefficient (Wildman–Crippen LogP) is 1.43. The molecule has 9 heteroatoms. The molecular formula is C20H22FN3O5. The number of halogens is 1. The molecule has 2 atom stereocenters. The average Bonchev–Trinajstić information content (AvgIpc) is 3.35. The number of carboxylic acids is 1. The summed E-state index contributed by atoms with van der Waals surface area (Å²) in [4.78, 5) is 26.0. The average molecular weight is 403 g/mol. The monoisotopic (exact) mass is 403 g/mol. The van der Waals surface area contributed by atoms with Crippen LogP contribution in [0.25, 0.3) is 10.9 Å². The first kappa shape index (κ1) is 18.4. The fraction of sp³-hybridized carbons (Fsp3) is 0.500. The van der Waals surface area contributed by atoms with Gasteiger partial charge in [0.25, 0.3) is 0 Å². The number of aromatic hydroxyl groups is 1. The van der Waals surface area contributed by atoms with Gasteiger partial charge < -0.3 is 30.2 Å². The van der Waals surface area contributed by atoms with Crippen LogP contribution in [-0.4, -0.2) is 52.6 Å². The molecule has 5 rings (SSSR count). The van der Waals surface area contributed by atoms with E-state index >= 15 is 4.39 Å². The van der Waals surface area contributed by atoms with Crippen molar-refractivity contribution in [3.63, 3.8) is 0 Å². The van der Waals surface area contributed by atoms with Crippen molar-refractivity contribution in [1.82, 2.24) is 4.57 Å². The van der Waals surface area contributed by atoms with Crippen LogP contribution in [0.3, 0.4) is 0 Å². The summed E-state index contributed by atoms with van der Waals surface area (Å²) < 4.78 is 22.7. The first-order valence-electron chi connectivity index (χ1n) is 9.79. The summed E-state index contributed by atoms with van der Waals surface area (Å²) >= 11 is 0. The van der Waals surface area contributed by atoms with Gasteiger partial charge in [-0.3, -0.25) is 4.79 Å². The Labute approximate surface area is 165 Å². The van der Waals surface area contributed by atoms with E-state index < -0.39 is 34.1 Å². The molecule has 154 valence electrons. The summed E-state index contributed by atoms with van der Waals surface area (Å²) in [6.07, 6.45) is 3.81. The van der Waals surface area contributed by atoms with Gasteiger partial charge in [0, 0.05) is 44.4 Å². The Kier molecular flexibility index (Phi) is 3.91. The lowest BCUT2D eigenvalue weighted by atomic mass is 9.91. The Bertz CT molecular complexity index is 1100. The third-order valence-electron chi connectivity index (χ3n) is 6.57. The van der Waals surface area contributed by atoms with E-state index in [1.807, 2.05) is 0 Å². The second-order valence-corrected chi connectivity index (χ2v) is 8.25. The number of phenolic OH excluding ortho intramolecular Hbond substituents is 1. The van der Waals surface area contributed by atoms with E-state index in [1.54, 1.807) is 15.5 Å². The Morgan fingerprint density at radius 2 is 2.14 bits per heavy atom. The second kappa shape index (κ2) is 6.17. The fourth-order valence-corrected chi connectivity index (χ4v) is 4.83. The number of phenols is 1. The van der Waals surface area contributed by atoms with Gasteiger partial charge in [0.1, 0.15) is 11.2 Å². The summed E-state index contributed by atoms with van der Waals surface area (Å²) in [6.45, 7) is 1.89. The molecule has 3 fully saturated rings. The maximum atomic E-state index is 15.2. The first-order chi connectivity index (χ1) is 13.9. The quantitative estimate of drug-likeness (QED) is 0.707. The molecule has 0 bridgehead atoms. The van der Waals surface area contributed by atoms with Gasteiger partial charge in [-0.05, 0) is 25.3 Å². The van der Waals surface area contributed by atoms with Gasteiger partial charge >= 0.3 is 5.97 Å². The van der Waals surface area contributed by atoms with Crippen LogP contribution in [0, 0.1) is 11.7 Å². The van der Waals surface area contributed by atoms with Gasteiger partial charge in [-0.15, -0.1) is 0 Å². The van der Waals surface area contributed by atoms with Crippen LogP contribution in [0.4, 0.5) is 10.1 Å². The lowest BCUT2D eigenvalue weighted by Gasteiger charge is -2.27. The summed E-state index contributed by atoms with van der Waals surface area (Å²) in [5.41, 5.74) is 4.59. The van der Waals surface area contributed by atoms with Crippen LogP contribution in [-0.2, 0) is 4.74 Å². The van der Waals surface area contributed by atoms with E-state index in [-0.39, 0.29) is 23.0 Å². The highest BCUT2D eigenvalue weighted by molar-refractivity contribution is 5.96. The molecule has 2 aliphatic heterocycles. The van der Waals surface area contributed by atoms with Crippen molar-refractivity contribution in [3.8, 4) is 5.75 Å². The Hall–Kier alpha value is -2.65. The number of hydrogen-bond acceptors (Lipinski definition) is 6. The molecule has 0 radical (unpaired) electrons. The lowest BCUT2D eigenvalue weighted by Crippen LogP contribution is -2.44. The molecule has 0 amide bonds. The first-order valence-corrected chi connectivity index (χ1v) is 9.79. The highest BCUT2D eigenvalue weighted by atomic mass is 19.1. The molecule has 4 N–H and O–H groups in total. The molecular weight excluding hydrogens is 381 g/mol. The number of nitrogens with zero attached hydrogens (tertiary/aromatic N) is 2. The molecule has 2 aromatic rings. The number of aromatic carboxylic acids is 1. The molecule has 1 saturated carbocycles. The number of benzene rings is 1. The molecule has 1 aromatic heterocycles. The summed E-state index contributed by atoms with van der Waals surface area (Å²) in [6, 6.07) is 1.58. The second-order valence-electron chi connectivity index (χ2n) is 8.25. The van der Waals surface area contributed by atoms with Crippen molar-refractivity contribution in [3.05, 3.63) is 33.9 Å². The largest absolute Gasteiger partial charge is 0.504 e. The van der Waals surface area contributed by atoms with Gasteiger partial charge in [-0.2, -0.15) is 0 Å². The number of fused-ring (bicyclic) bond motifs is 2. The zero-order valence-corrected chi connectivity index (χ0v) is 15.7. The van der Waals surface area contributed by atoms with Crippen molar-refractivity contribution in [1.29, 1.82) is 0 Å². The number of rotatable bonds is 4.